The molecule has 0 saturated heterocycles. The first-order chi connectivity index (χ1) is 10.8. The molecule has 1 aromatic carbocycles. The van der Waals surface area contributed by atoms with E-state index in [0.717, 1.165) is 12.8 Å². The van der Waals surface area contributed by atoms with Gasteiger partial charge in [-0.05, 0) is 6.42 Å². The highest BCUT2D eigenvalue weighted by atomic mass is 31.2. The third kappa shape index (κ3) is 4.99. The fraction of sp³-hybridized carbons (Fsp3) is 0.571. The smallest absolute Gasteiger partial charge is 0.309 e. The van der Waals surface area contributed by atoms with Gasteiger partial charge in [-0.2, -0.15) is 0 Å². The lowest BCUT2D eigenvalue weighted by atomic mass is 10.2. The second-order valence-electron chi connectivity index (χ2n) is 4.79. The molecule has 3 nitrogen and oxygen atoms in total. The second kappa shape index (κ2) is 8.76. The molecule has 0 aliphatic carbocycles. The first kappa shape index (κ1) is 20.1. The van der Waals surface area contributed by atoms with Crippen LogP contribution >= 0.6 is 7.60 Å². The lowest BCUT2D eigenvalue weighted by molar-refractivity contribution is 0.190. The Morgan fingerprint density at radius 2 is 1.35 bits per heavy atom. The minimum Gasteiger partial charge on any atom is -0.309 e. The van der Waals surface area contributed by atoms with Gasteiger partial charge in [-0.3, -0.25) is 4.57 Å². The van der Waals surface area contributed by atoms with E-state index in [9.17, 15) is 26.5 Å². The zero-order valence-corrected chi connectivity index (χ0v) is 13.7. The maximum atomic E-state index is 13.5. The summed E-state index contributed by atoms with van der Waals surface area (Å²) in [5.41, 5.74) is -1.17. The largest absolute Gasteiger partial charge is 0.330 e. The topological polar surface area (TPSA) is 35.5 Å². The number of unbranched alkanes of at least 4 members (excludes halogenated alkanes) is 2. The van der Waals surface area contributed by atoms with Crippen molar-refractivity contribution in [2.45, 2.75) is 39.7 Å². The van der Waals surface area contributed by atoms with Gasteiger partial charge in [-0.1, -0.05) is 26.7 Å². The molecule has 0 aliphatic heterocycles. The van der Waals surface area contributed by atoms with Gasteiger partial charge in [0.25, 0.3) is 0 Å². The molecule has 0 heterocycles. The van der Waals surface area contributed by atoms with Gasteiger partial charge < -0.3 is 9.05 Å². The Hall–Kier alpha value is -0.980. The predicted molar refractivity (Wildman–Crippen MR) is 74.6 cm³/mol. The molecule has 0 saturated carbocycles. The van der Waals surface area contributed by atoms with Crippen LogP contribution in [0.25, 0.3) is 0 Å². The number of halogens is 5. The number of hydrogen-bond donors (Lipinski definition) is 0. The molecule has 23 heavy (non-hydrogen) atoms. The predicted octanol–water partition coefficient (Wildman–Crippen LogP) is 5.32. The average molecular weight is 360 g/mol. The highest BCUT2D eigenvalue weighted by molar-refractivity contribution is 7.53. The van der Waals surface area contributed by atoms with E-state index in [1.54, 1.807) is 0 Å². The normalized spacial score (nSPS) is 14.0. The molecule has 1 unspecified atom stereocenters. The van der Waals surface area contributed by atoms with Gasteiger partial charge in [0.2, 0.25) is 5.82 Å². The maximum Gasteiger partial charge on any atom is 0.330 e. The van der Waals surface area contributed by atoms with Crippen LogP contribution in [0, 0.1) is 29.1 Å². The van der Waals surface area contributed by atoms with Crippen molar-refractivity contribution in [1.29, 1.82) is 0 Å². The molecule has 0 N–H and O–H groups in total. The van der Waals surface area contributed by atoms with Gasteiger partial charge >= 0.3 is 7.60 Å². The van der Waals surface area contributed by atoms with Crippen LogP contribution in [-0.4, -0.2) is 12.8 Å². The average Bonchev–Trinajstić information content (AvgIpc) is 2.55. The van der Waals surface area contributed by atoms with E-state index in [1.165, 1.54) is 6.92 Å². The Kier molecular flexibility index (Phi) is 7.64. The molecule has 1 atom stereocenters. The van der Waals surface area contributed by atoms with E-state index in [2.05, 4.69) is 0 Å². The molecule has 0 aromatic heterocycles. The summed E-state index contributed by atoms with van der Waals surface area (Å²) in [6.07, 6.45) is 2.27. The van der Waals surface area contributed by atoms with Gasteiger partial charge in [0.1, 0.15) is 0 Å². The van der Waals surface area contributed by atoms with Gasteiger partial charge in [0, 0.05) is 6.16 Å². The summed E-state index contributed by atoms with van der Waals surface area (Å²) in [5, 5.41) is 0. The summed E-state index contributed by atoms with van der Waals surface area (Å²) >= 11 is 0. The molecule has 1 rings (SSSR count). The first-order valence-corrected chi connectivity index (χ1v) is 8.88. The van der Waals surface area contributed by atoms with E-state index < -0.39 is 48.9 Å². The Morgan fingerprint density at radius 3 is 1.83 bits per heavy atom. The summed E-state index contributed by atoms with van der Waals surface area (Å²) in [5.74, 6) is -10.4. The Labute approximate surface area is 131 Å². The van der Waals surface area contributed by atoms with Crippen LogP contribution in [0.4, 0.5) is 22.0 Å². The molecular weight excluding hydrogens is 342 g/mol. The Bertz CT molecular complexity index is 565. The number of benzene rings is 1. The van der Waals surface area contributed by atoms with Crippen molar-refractivity contribution >= 4 is 7.60 Å². The third-order valence-electron chi connectivity index (χ3n) is 3.13. The van der Waals surface area contributed by atoms with Crippen LogP contribution < -0.4 is 0 Å². The summed E-state index contributed by atoms with van der Waals surface area (Å²) in [4.78, 5) is 0. The molecule has 0 aliphatic rings. The van der Waals surface area contributed by atoms with Gasteiger partial charge in [0.05, 0.1) is 18.8 Å². The minimum absolute atomic E-state index is 0.0888. The zero-order valence-electron chi connectivity index (χ0n) is 12.8. The van der Waals surface area contributed by atoms with Crippen molar-refractivity contribution in [3.63, 3.8) is 0 Å². The first-order valence-electron chi connectivity index (χ1n) is 7.15. The standard InChI is InChI=1S/C14H18F5O3P/c1-3-5-6-7-21-23(20,4-2)22-8-9-10(15)12(17)14(19)13(18)11(9)16/h3-8H2,1-2H3. The van der Waals surface area contributed by atoms with Crippen LogP contribution in [0.5, 0.6) is 0 Å². The molecule has 0 radical (unpaired) electrons. The monoisotopic (exact) mass is 360 g/mol. The summed E-state index contributed by atoms with van der Waals surface area (Å²) in [7, 11) is -3.66. The van der Waals surface area contributed by atoms with Crippen LogP contribution in [0.1, 0.15) is 38.7 Å². The molecule has 0 spiro atoms. The van der Waals surface area contributed by atoms with E-state index in [1.807, 2.05) is 6.92 Å². The van der Waals surface area contributed by atoms with Gasteiger partial charge in [-0.15, -0.1) is 0 Å². The molecule has 0 amide bonds. The Balaban J connectivity index is 2.85. The van der Waals surface area contributed by atoms with Gasteiger partial charge in [-0.25, -0.2) is 22.0 Å². The van der Waals surface area contributed by atoms with Crippen LogP contribution in [0.3, 0.4) is 0 Å². The molecule has 9 heteroatoms. The van der Waals surface area contributed by atoms with Crippen LogP contribution in [-0.2, 0) is 20.2 Å². The van der Waals surface area contributed by atoms with Crippen LogP contribution in [0.15, 0.2) is 0 Å². The quantitative estimate of drug-likeness (QED) is 0.197. The molecule has 0 fully saturated rings. The Morgan fingerprint density at radius 1 is 0.826 bits per heavy atom. The van der Waals surface area contributed by atoms with Crippen molar-refractivity contribution in [3.8, 4) is 0 Å². The molecule has 0 bridgehead atoms. The molecule has 1 aromatic rings. The number of hydrogen-bond acceptors (Lipinski definition) is 3. The lowest BCUT2D eigenvalue weighted by Crippen LogP contribution is -2.09. The SMILES string of the molecule is CCCCCOP(=O)(CC)OCc1c(F)c(F)c(F)c(F)c1F. The van der Waals surface area contributed by atoms with E-state index in [-0.39, 0.29) is 12.8 Å². The van der Waals surface area contributed by atoms with Crippen molar-refractivity contribution < 1.29 is 35.6 Å². The highest BCUT2D eigenvalue weighted by Gasteiger charge is 2.29. The van der Waals surface area contributed by atoms with E-state index >= 15 is 0 Å². The zero-order chi connectivity index (χ0) is 17.6. The van der Waals surface area contributed by atoms with E-state index in [0.29, 0.717) is 6.42 Å². The molecular formula is C14H18F5O3P. The van der Waals surface area contributed by atoms with Crippen molar-refractivity contribution in [3.05, 3.63) is 34.6 Å². The van der Waals surface area contributed by atoms with Gasteiger partial charge in [0.15, 0.2) is 23.3 Å². The fourth-order valence-electron chi connectivity index (χ4n) is 1.72. The maximum absolute atomic E-state index is 13.5. The summed E-state index contributed by atoms with van der Waals surface area (Å²) < 4.78 is 88.3. The minimum atomic E-state index is -3.66. The summed E-state index contributed by atoms with van der Waals surface area (Å²) in [6.45, 7) is 2.51. The third-order valence-corrected chi connectivity index (χ3v) is 5.00. The van der Waals surface area contributed by atoms with E-state index in [4.69, 9.17) is 9.05 Å². The van der Waals surface area contributed by atoms with Crippen molar-refractivity contribution in [2.75, 3.05) is 12.8 Å². The summed E-state index contributed by atoms with van der Waals surface area (Å²) in [6, 6.07) is 0. The molecule has 132 valence electrons. The van der Waals surface area contributed by atoms with Crippen molar-refractivity contribution in [1.82, 2.24) is 0 Å². The van der Waals surface area contributed by atoms with Crippen molar-refractivity contribution in [2.24, 2.45) is 0 Å². The lowest BCUT2D eigenvalue weighted by Gasteiger charge is -2.17. The number of rotatable bonds is 9. The highest BCUT2D eigenvalue weighted by Crippen LogP contribution is 2.49. The second-order valence-corrected chi connectivity index (χ2v) is 7.16. The fourth-order valence-corrected chi connectivity index (χ4v) is 2.89. The van der Waals surface area contributed by atoms with Crippen LogP contribution in [0.2, 0.25) is 0 Å².